The van der Waals surface area contributed by atoms with Gasteiger partial charge in [0.1, 0.15) is 5.78 Å². The highest BCUT2D eigenvalue weighted by Crippen LogP contribution is 2.41. The van der Waals surface area contributed by atoms with Gasteiger partial charge in [-0.05, 0) is 56.7 Å². The molecule has 0 N–H and O–H groups in total. The predicted molar refractivity (Wildman–Crippen MR) is 107 cm³/mol. The number of hydrogen-bond donors (Lipinski definition) is 0. The zero-order valence-electron chi connectivity index (χ0n) is 16.5. The van der Waals surface area contributed by atoms with Gasteiger partial charge in [-0.15, -0.1) is 0 Å². The predicted octanol–water partition coefficient (Wildman–Crippen LogP) is 3.71. The van der Waals surface area contributed by atoms with Crippen molar-refractivity contribution in [2.24, 2.45) is 11.8 Å². The normalized spacial score (nSPS) is 25.6. The lowest BCUT2D eigenvalue weighted by Crippen LogP contribution is -2.47. The van der Waals surface area contributed by atoms with Gasteiger partial charge in [0.25, 0.3) is 0 Å². The van der Waals surface area contributed by atoms with Crippen LogP contribution in [0.3, 0.4) is 0 Å². The van der Waals surface area contributed by atoms with E-state index in [4.69, 9.17) is 9.47 Å². The van der Waals surface area contributed by atoms with Gasteiger partial charge in [-0.25, -0.2) is 0 Å². The van der Waals surface area contributed by atoms with Crippen LogP contribution in [0.2, 0.25) is 0 Å². The molecular formula is C22H32N2O3. The first-order chi connectivity index (χ1) is 13.2. The molecule has 5 nitrogen and oxygen atoms in total. The Morgan fingerprint density at radius 3 is 2.52 bits per heavy atom. The molecular weight excluding hydrogens is 340 g/mol. The lowest BCUT2D eigenvalue weighted by Gasteiger charge is -2.37. The molecule has 0 aromatic heterocycles. The molecule has 5 heteroatoms. The highest BCUT2D eigenvalue weighted by molar-refractivity contribution is 5.75. The minimum Gasteiger partial charge on any atom is -0.454 e. The maximum atomic E-state index is 11.3. The summed E-state index contributed by atoms with van der Waals surface area (Å²) in [6, 6.07) is 6.17. The Balaban J connectivity index is 1.20. The summed E-state index contributed by atoms with van der Waals surface area (Å²) in [6.07, 6.45) is 7.23. The first-order valence-corrected chi connectivity index (χ1v) is 10.5. The smallest absolute Gasteiger partial charge is 0.231 e. The van der Waals surface area contributed by atoms with E-state index in [1.54, 1.807) is 6.92 Å². The standard InChI is InChI=1S/C22H32N2O3/c1-17(25)15-19-7-5-18(6-8-19)9-10-23-11-13-24(14-12-23)20-3-2-4-21-22(20)27-16-26-21/h2-4,18-19H,5-16H2,1H3. The summed E-state index contributed by atoms with van der Waals surface area (Å²) in [5.41, 5.74) is 1.17. The number of ether oxygens (including phenoxy) is 2. The van der Waals surface area contributed by atoms with Crippen molar-refractivity contribution in [1.29, 1.82) is 0 Å². The summed E-state index contributed by atoms with van der Waals surface area (Å²) < 4.78 is 11.2. The molecule has 2 heterocycles. The number of carbonyl (C=O) groups is 1. The molecule has 0 atom stereocenters. The quantitative estimate of drug-likeness (QED) is 0.761. The average molecular weight is 373 g/mol. The fourth-order valence-electron chi connectivity index (χ4n) is 4.87. The molecule has 4 rings (SSSR count). The molecule has 0 bridgehead atoms. The van der Waals surface area contributed by atoms with Gasteiger partial charge in [-0.3, -0.25) is 4.90 Å². The van der Waals surface area contributed by atoms with E-state index in [0.29, 0.717) is 18.5 Å². The van der Waals surface area contributed by atoms with E-state index in [2.05, 4.69) is 21.9 Å². The molecule has 0 unspecified atom stereocenters. The molecule has 2 fully saturated rings. The number of fused-ring (bicyclic) bond motifs is 1. The first-order valence-electron chi connectivity index (χ1n) is 10.5. The summed E-state index contributed by atoms with van der Waals surface area (Å²) in [5, 5.41) is 0. The van der Waals surface area contributed by atoms with Crippen LogP contribution in [0, 0.1) is 11.8 Å². The molecule has 1 saturated heterocycles. The van der Waals surface area contributed by atoms with Gasteiger partial charge in [0.05, 0.1) is 5.69 Å². The second-order valence-corrected chi connectivity index (χ2v) is 8.42. The third-order valence-electron chi connectivity index (χ3n) is 6.48. The fraction of sp³-hybridized carbons (Fsp3) is 0.682. The second kappa shape index (κ2) is 8.51. The average Bonchev–Trinajstić information content (AvgIpc) is 3.16. The van der Waals surface area contributed by atoms with Gasteiger partial charge in [0.15, 0.2) is 11.5 Å². The Labute approximate surface area is 162 Å². The Morgan fingerprint density at radius 2 is 1.78 bits per heavy atom. The van der Waals surface area contributed by atoms with Crippen molar-refractivity contribution in [3.8, 4) is 11.5 Å². The van der Waals surface area contributed by atoms with Gasteiger partial charge in [0.2, 0.25) is 6.79 Å². The third kappa shape index (κ3) is 4.57. The molecule has 1 aliphatic carbocycles. The highest BCUT2D eigenvalue weighted by atomic mass is 16.7. The van der Waals surface area contributed by atoms with Crippen LogP contribution in [0.4, 0.5) is 5.69 Å². The molecule has 148 valence electrons. The van der Waals surface area contributed by atoms with Crippen LogP contribution in [-0.2, 0) is 4.79 Å². The topological polar surface area (TPSA) is 42.0 Å². The molecule has 1 aromatic rings. The van der Waals surface area contributed by atoms with Crippen molar-refractivity contribution in [3.05, 3.63) is 18.2 Å². The summed E-state index contributed by atoms with van der Waals surface area (Å²) in [7, 11) is 0. The van der Waals surface area contributed by atoms with Gasteiger partial charge in [-0.1, -0.05) is 18.9 Å². The van der Waals surface area contributed by atoms with E-state index in [-0.39, 0.29) is 0 Å². The van der Waals surface area contributed by atoms with E-state index in [1.165, 1.54) is 44.3 Å². The number of Topliss-reactive ketones (excluding diaryl/α,β-unsaturated/α-hetero) is 1. The Morgan fingerprint density at radius 1 is 1.04 bits per heavy atom. The maximum absolute atomic E-state index is 11.3. The molecule has 2 aliphatic heterocycles. The van der Waals surface area contributed by atoms with E-state index < -0.39 is 0 Å². The Bertz CT molecular complexity index is 647. The molecule has 3 aliphatic rings. The van der Waals surface area contributed by atoms with Crippen LogP contribution in [0.25, 0.3) is 0 Å². The minimum atomic E-state index is 0.334. The molecule has 0 radical (unpaired) electrons. The number of para-hydroxylation sites is 1. The molecule has 1 saturated carbocycles. The number of piperazine rings is 1. The molecule has 1 aromatic carbocycles. The molecule has 0 spiro atoms. The number of rotatable bonds is 6. The molecule has 27 heavy (non-hydrogen) atoms. The number of anilines is 1. The summed E-state index contributed by atoms with van der Waals surface area (Å²) in [5.74, 6) is 3.65. The van der Waals surface area contributed by atoms with Crippen molar-refractivity contribution in [2.75, 3.05) is 44.4 Å². The maximum Gasteiger partial charge on any atom is 0.231 e. The van der Waals surface area contributed by atoms with Crippen molar-refractivity contribution in [2.45, 2.75) is 45.4 Å². The number of hydrogen-bond acceptors (Lipinski definition) is 5. The van der Waals surface area contributed by atoms with Crippen molar-refractivity contribution in [1.82, 2.24) is 4.90 Å². The van der Waals surface area contributed by atoms with Crippen LogP contribution < -0.4 is 14.4 Å². The number of benzene rings is 1. The monoisotopic (exact) mass is 372 g/mol. The largest absolute Gasteiger partial charge is 0.454 e. The zero-order valence-corrected chi connectivity index (χ0v) is 16.5. The van der Waals surface area contributed by atoms with Crippen molar-refractivity contribution >= 4 is 11.5 Å². The van der Waals surface area contributed by atoms with Gasteiger partial charge >= 0.3 is 0 Å². The van der Waals surface area contributed by atoms with E-state index >= 15 is 0 Å². The van der Waals surface area contributed by atoms with Crippen LogP contribution >= 0.6 is 0 Å². The summed E-state index contributed by atoms with van der Waals surface area (Å²) in [6.45, 7) is 7.60. The number of carbonyl (C=O) groups excluding carboxylic acids is 1. The molecule has 0 amide bonds. The number of ketones is 1. The van der Waals surface area contributed by atoms with Crippen LogP contribution in [-0.4, -0.2) is 50.2 Å². The lowest BCUT2D eigenvalue weighted by molar-refractivity contribution is -0.118. The van der Waals surface area contributed by atoms with Crippen molar-refractivity contribution in [3.63, 3.8) is 0 Å². The highest BCUT2D eigenvalue weighted by Gasteiger charge is 2.26. The summed E-state index contributed by atoms with van der Waals surface area (Å²) in [4.78, 5) is 16.3. The SMILES string of the molecule is CC(=O)CC1CCC(CCN2CCN(c3cccc4c3OCO4)CC2)CC1. The number of nitrogens with zero attached hydrogens (tertiary/aromatic N) is 2. The first kappa shape index (κ1) is 18.6. The van der Waals surface area contributed by atoms with E-state index in [0.717, 1.165) is 50.0 Å². The van der Waals surface area contributed by atoms with Crippen LogP contribution in [0.1, 0.15) is 45.4 Å². The van der Waals surface area contributed by atoms with Crippen molar-refractivity contribution < 1.29 is 14.3 Å². The fourth-order valence-corrected chi connectivity index (χ4v) is 4.87. The van der Waals surface area contributed by atoms with Crippen LogP contribution in [0.15, 0.2) is 18.2 Å². The van der Waals surface area contributed by atoms with Crippen LogP contribution in [0.5, 0.6) is 11.5 Å². The summed E-state index contributed by atoms with van der Waals surface area (Å²) >= 11 is 0. The zero-order chi connectivity index (χ0) is 18.6. The third-order valence-corrected chi connectivity index (χ3v) is 6.48. The Kier molecular flexibility index (Phi) is 5.86. The second-order valence-electron chi connectivity index (χ2n) is 8.42. The van der Waals surface area contributed by atoms with Gasteiger partial charge < -0.3 is 19.2 Å². The van der Waals surface area contributed by atoms with Gasteiger partial charge in [-0.2, -0.15) is 0 Å². The van der Waals surface area contributed by atoms with Gasteiger partial charge in [0, 0.05) is 32.6 Å². The van der Waals surface area contributed by atoms with E-state index in [9.17, 15) is 4.79 Å². The lowest BCUT2D eigenvalue weighted by atomic mass is 9.78. The Hall–Kier alpha value is -1.75. The minimum absolute atomic E-state index is 0.334. The van der Waals surface area contributed by atoms with E-state index in [1.807, 2.05) is 6.07 Å².